The molecular formula is C33H45N9O6. The van der Waals surface area contributed by atoms with Crippen molar-refractivity contribution in [3.63, 3.8) is 0 Å². The molecule has 0 saturated carbocycles. The van der Waals surface area contributed by atoms with Gasteiger partial charge in [0.2, 0.25) is 17.7 Å². The first-order chi connectivity index (χ1) is 22.5. The molecule has 0 radical (unpaired) electrons. The number of anilines is 3. The third-order valence-corrected chi connectivity index (χ3v) is 6.49. The van der Waals surface area contributed by atoms with E-state index in [-0.39, 0.29) is 56.6 Å². The fraction of sp³-hybridized carbons (Fsp3) is 0.273. The normalized spacial score (nSPS) is 9.81. The monoisotopic (exact) mass is 663 g/mol. The van der Waals surface area contributed by atoms with E-state index in [2.05, 4.69) is 16.0 Å². The Morgan fingerprint density at radius 2 is 0.688 bits per heavy atom. The SMILES string of the molecule is Cc1ccc(N)cc1C(=O)NCCC(N)=O.Cc1ccc(N)cc1C(=O)NCCC(N)=O.Cc1ccc(N)cc1C(=O)NCCC(N)=O. The fourth-order valence-electron chi connectivity index (χ4n) is 3.84. The number of hydrogen-bond donors (Lipinski definition) is 9. The molecule has 15 N–H and O–H groups in total. The van der Waals surface area contributed by atoms with Crippen molar-refractivity contribution in [2.45, 2.75) is 40.0 Å². The zero-order valence-corrected chi connectivity index (χ0v) is 27.4. The number of nitrogens with one attached hydrogen (secondary N) is 3. The predicted octanol–water partition coefficient (Wildman–Crippen LogP) is 0.547. The van der Waals surface area contributed by atoms with Crippen molar-refractivity contribution < 1.29 is 28.8 Å². The summed E-state index contributed by atoms with van der Waals surface area (Å²) in [5, 5.41) is 7.81. The van der Waals surface area contributed by atoms with Crippen LogP contribution in [0.25, 0.3) is 0 Å². The molecule has 3 aromatic carbocycles. The van der Waals surface area contributed by atoms with Crippen LogP contribution in [0.15, 0.2) is 54.6 Å². The Labute approximate surface area is 279 Å². The van der Waals surface area contributed by atoms with Crippen molar-refractivity contribution in [2.75, 3.05) is 36.8 Å². The van der Waals surface area contributed by atoms with E-state index in [0.717, 1.165) is 16.7 Å². The number of primary amides is 3. The minimum atomic E-state index is -0.440. The Morgan fingerprint density at radius 3 is 0.896 bits per heavy atom. The topological polar surface area (TPSA) is 295 Å². The van der Waals surface area contributed by atoms with Gasteiger partial charge in [-0.2, -0.15) is 0 Å². The minimum Gasteiger partial charge on any atom is -0.399 e. The van der Waals surface area contributed by atoms with Crippen molar-refractivity contribution in [3.05, 3.63) is 88.0 Å². The zero-order chi connectivity index (χ0) is 36.4. The lowest BCUT2D eigenvalue weighted by Crippen LogP contribution is -2.28. The van der Waals surface area contributed by atoms with E-state index in [1.807, 2.05) is 20.8 Å². The Hall–Kier alpha value is -6.12. The summed E-state index contributed by atoms with van der Waals surface area (Å²) in [5.74, 6) is -2.05. The van der Waals surface area contributed by atoms with Crippen molar-refractivity contribution in [1.29, 1.82) is 0 Å². The van der Waals surface area contributed by atoms with Crippen LogP contribution in [-0.4, -0.2) is 55.1 Å². The summed E-state index contributed by atoms with van der Waals surface area (Å²) >= 11 is 0. The van der Waals surface area contributed by atoms with E-state index in [1.54, 1.807) is 54.6 Å². The number of nitrogens with two attached hydrogens (primary N) is 6. The van der Waals surface area contributed by atoms with Crippen molar-refractivity contribution in [1.82, 2.24) is 16.0 Å². The summed E-state index contributed by atoms with van der Waals surface area (Å²) in [6.07, 6.45) is 0.396. The molecule has 0 atom stereocenters. The van der Waals surface area contributed by atoms with Gasteiger partial charge < -0.3 is 50.4 Å². The van der Waals surface area contributed by atoms with Gasteiger partial charge in [0.1, 0.15) is 0 Å². The molecule has 258 valence electrons. The molecule has 0 heterocycles. The number of carbonyl (C=O) groups excluding carboxylic acids is 6. The quantitative estimate of drug-likeness (QED) is 0.122. The summed E-state index contributed by atoms with van der Waals surface area (Å²) < 4.78 is 0. The van der Waals surface area contributed by atoms with Crippen LogP contribution in [0.3, 0.4) is 0 Å². The van der Waals surface area contributed by atoms with E-state index in [4.69, 9.17) is 34.4 Å². The maximum absolute atomic E-state index is 11.7. The highest BCUT2D eigenvalue weighted by Crippen LogP contribution is 2.14. The predicted molar refractivity (Wildman–Crippen MR) is 185 cm³/mol. The second kappa shape index (κ2) is 20.1. The highest BCUT2D eigenvalue weighted by molar-refractivity contribution is 5.98. The van der Waals surface area contributed by atoms with Gasteiger partial charge in [0.25, 0.3) is 17.7 Å². The van der Waals surface area contributed by atoms with Crippen LogP contribution in [0.1, 0.15) is 67.0 Å². The second-order valence-corrected chi connectivity index (χ2v) is 10.6. The third kappa shape index (κ3) is 15.2. The van der Waals surface area contributed by atoms with Crippen LogP contribution in [0, 0.1) is 20.8 Å². The number of rotatable bonds is 12. The van der Waals surface area contributed by atoms with Gasteiger partial charge in [0, 0.05) is 72.6 Å². The largest absolute Gasteiger partial charge is 0.399 e. The first-order valence-electron chi connectivity index (χ1n) is 14.8. The maximum Gasteiger partial charge on any atom is 0.251 e. The summed E-state index contributed by atoms with van der Waals surface area (Å²) in [7, 11) is 0. The van der Waals surface area contributed by atoms with Gasteiger partial charge in [-0.1, -0.05) is 18.2 Å². The van der Waals surface area contributed by atoms with Crippen LogP contribution in [0.2, 0.25) is 0 Å². The highest BCUT2D eigenvalue weighted by Gasteiger charge is 2.11. The van der Waals surface area contributed by atoms with Crippen LogP contribution in [0.5, 0.6) is 0 Å². The van der Waals surface area contributed by atoms with Gasteiger partial charge >= 0.3 is 0 Å². The van der Waals surface area contributed by atoms with Crippen LogP contribution < -0.4 is 50.4 Å². The molecule has 0 unspecified atom stereocenters. The molecule has 0 aliphatic rings. The molecule has 3 rings (SSSR count). The Kier molecular flexibility index (Phi) is 16.7. The molecule has 6 amide bonds. The van der Waals surface area contributed by atoms with Gasteiger partial charge in [-0.05, 0) is 73.9 Å². The average molecular weight is 664 g/mol. The molecule has 0 aliphatic carbocycles. The van der Waals surface area contributed by atoms with Gasteiger partial charge in [-0.25, -0.2) is 0 Å². The second-order valence-electron chi connectivity index (χ2n) is 10.6. The third-order valence-electron chi connectivity index (χ3n) is 6.49. The molecule has 3 aromatic rings. The number of aryl methyl sites for hydroxylation is 3. The van der Waals surface area contributed by atoms with Gasteiger partial charge in [-0.15, -0.1) is 0 Å². The summed E-state index contributed by atoms with van der Waals surface area (Å²) in [5.41, 5.74) is 37.3. The van der Waals surface area contributed by atoms with Crippen LogP contribution >= 0.6 is 0 Å². The van der Waals surface area contributed by atoms with E-state index < -0.39 is 17.7 Å². The lowest BCUT2D eigenvalue weighted by molar-refractivity contribution is -0.118. The lowest BCUT2D eigenvalue weighted by atomic mass is 10.1. The Bertz CT molecular complexity index is 1440. The van der Waals surface area contributed by atoms with E-state index >= 15 is 0 Å². The van der Waals surface area contributed by atoms with Crippen LogP contribution in [-0.2, 0) is 14.4 Å². The van der Waals surface area contributed by atoms with Crippen molar-refractivity contribution in [2.24, 2.45) is 17.2 Å². The number of carbonyl (C=O) groups is 6. The molecule has 0 aliphatic heterocycles. The van der Waals surface area contributed by atoms with Crippen LogP contribution in [0.4, 0.5) is 17.1 Å². The number of nitrogen functional groups attached to an aromatic ring is 3. The van der Waals surface area contributed by atoms with Crippen molar-refractivity contribution in [3.8, 4) is 0 Å². The number of amides is 6. The highest BCUT2D eigenvalue weighted by atomic mass is 16.2. The summed E-state index contributed by atoms with van der Waals surface area (Å²) in [4.78, 5) is 66.5. The standard InChI is InChI=1S/3C11H15N3O2/c3*1-7-2-3-8(12)6-9(7)11(16)14-5-4-10(13)15/h3*2-3,6H,4-5,12H2,1H3,(H2,13,15)(H,14,16). The van der Waals surface area contributed by atoms with Gasteiger partial charge in [0.05, 0.1) is 0 Å². The Balaban J connectivity index is 0.000000360. The lowest BCUT2D eigenvalue weighted by Gasteiger charge is -2.07. The molecule has 15 heteroatoms. The summed E-state index contributed by atoms with van der Waals surface area (Å²) in [6, 6.07) is 15.3. The number of benzene rings is 3. The van der Waals surface area contributed by atoms with Gasteiger partial charge in [0.15, 0.2) is 0 Å². The molecular weight excluding hydrogens is 618 g/mol. The van der Waals surface area contributed by atoms with Gasteiger partial charge in [-0.3, -0.25) is 28.8 Å². The van der Waals surface area contributed by atoms with E-state index in [1.165, 1.54) is 0 Å². The molecule has 15 nitrogen and oxygen atoms in total. The first-order valence-corrected chi connectivity index (χ1v) is 14.8. The number of hydrogen-bond acceptors (Lipinski definition) is 9. The Morgan fingerprint density at radius 1 is 0.458 bits per heavy atom. The maximum atomic E-state index is 11.7. The minimum absolute atomic E-state index is 0.132. The van der Waals surface area contributed by atoms with E-state index in [0.29, 0.717) is 33.8 Å². The molecule has 0 aromatic heterocycles. The first kappa shape index (κ1) is 39.9. The fourth-order valence-corrected chi connectivity index (χ4v) is 3.84. The van der Waals surface area contributed by atoms with Crippen molar-refractivity contribution >= 4 is 52.5 Å². The summed E-state index contributed by atoms with van der Waals surface area (Å²) in [6.45, 7) is 6.18. The molecule has 0 bridgehead atoms. The smallest absolute Gasteiger partial charge is 0.251 e. The molecule has 0 saturated heterocycles. The zero-order valence-electron chi connectivity index (χ0n) is 27.4. The van der Waals surface area contributed by atoms with E-state index in [9.17, 15) is 28.8 Å². The molecule has 0 fully saturated rings. The average Bonchev–Trinajstić information content (AvgIpc) is 3.00. The molecule has 48 heavy (non-hydrogen) atoms. The molecule has 0 spiro atoms.